The van der Waals surface area contributed by atoms with Crippen molar-refractivity contribution in [3.63, 3.8) is 0 Å². The molecule has 1 aliphatic heterocycles. The number of halogens is 1. The van der Waals surface area contributed by atoms with E-state index in [2.05, 4.69) is 5.32 Å². The average molecular weight is 430 g/mol. The van der Waals surface area contributed by atoms with Gasteiger partial charge in [-0.15, -0.1) is 0 Å². The molecule has 0 aromatic heterocycles. The van der Waals surface area contributed by atoms with E-state index in [1.807, 2.05) is 0 Å². The summed E-state index contributed by atoms with van der Waals surface area (Å²) >= 11 is 6.07. The highest BCUT2D eigenvalue weighted by molar-refractivity contribution is 6.31. The maximum atomic E-state index is 12.9. The first-order chi connectivity index (χ1) is 14.4. The number of anilines is 1. The molecule has 0 bridgehead atoms. The Bertz CT molecular complexity index is 924. The lowest BCUT2D eigenvalue weighted by Gasteiger charge is -2.27. The molecule has 0 radical (unpaired) electrons. The molecule has 8 heteroatoms. The van der Waals surface area contributed by atoms with Crippen LogP contribution in [0.4, 0.5) is 5.69 Å². The van der Waals surface area contributed by atoms with Crippen LogP contribution in [0.15, 0.2) is 42.5 Å². The molecular weight excluding hydrogens is 406 g/mol. The Morgan fingerprint density at radius 3 is 2.40 bits per heavy atom. The van der Waals surface area contributed by atoms with E-state index in [0.717, 1.165) is 24.8 Å². The van der Waals surface area contributed by atoms with Gasteiger partial charge in [-0.25, -0.2) is 0 Å². The normalized spacial score (nSPS) is 13.6. The van der Waals surface area contributed by atoms with E-state index in [4.69, 9.17) is 22.1 Å². The van der Waals surface area contributed by atoms with E-state index in [0.29, 0.717) is 35.1 Å². The average Bonchev–Trinajstić information content (AvgIpc) is 2.73. The van der Waals surface area contributed by atoms with Crippen molar-refractivity contribution in [1.29, 1.82) is 0 Å². The first-order valence-electron chi connectivity index (χ1n) is 9.81. The minimum Gasteiger partial charge on any atom is -0.484 e. The molecule has 0 spiro atoms. The van der Waals surface area contributed by atoms with Crippen LogP contribution in [0.5, 0.6) is 5.75 Å². The molecule has 3 rings (SSSR count). The highest BCUT2D eigenvalue weighted by Gasteiger charge is 2.22. The molecule has 1 fully saturated rings. The van der Waals surface area contributed by atoms with Gasteiger partial charge in [0.05, 0.1) is 17.7 Å². The van der Waals surface area contributed by atoms with E-state index < -0.39 is 11.8 Å². The minimum absolute atomic E-state index is 0.118. The largest absolute Gasteiger partial charge is 0.484 e. The molecule has 1 heterocycles. The van der Waals surface area contributed by atoms with Gasteiger partial charge in [-0.1, -0.05) is 23.7 Å². The molecule has 2 aromatic rings. The van der Waals surface area contributed by atoms with Crippen LogP contribution in [0.3, 0.4) is 0 Å². The minimum atomic E-state index is -0.417. The number of piperidine rings is 1. The fourth-order valence-electron chi connectivity index (χ4n) is 3.31. The van der Waals surface area contributed by atoms with Gasteiger partial charge in [0.1, 0.15) is 5.75 Å². The topological polar surface area (TPSA) is 102 Å². The molecule has 3 N–H and O–H groups in total. The van der Waals surface area contributed by atoms with Crippen LogP contribution in [0.1, 0.15) is 35.2 Å². The molecular formula is C22H24ClN3O4. The lowest BCUT2D eigenvalue weighted by Crippen LogP contribution is -2.36. The Labute approximate surface area is 180 Å². The summed E-state index contributed by atoms with van der Waals surface area (Å²) in [5.41, 5.74) is 6.70. The van der Waals surface area contributed by atoms with E-state index in [9.17, 15) is 14.4 Å². The van der Waals surface area contributed by atoms with Crippen molar-refractivity contribution in [2.75, 3.05) is 25.0 Å². The number of rotatable bonds is 7. The predicted octanol–water partition coefficient (Wildman–Crippen LogP) is 3.01. The Hall–Kier alpha value is -3.06. The molecule has 0 unspecified atom stereocenters. The second-order valence-corrected chi connectivity index (χ2v) is 7.60. The van der Waals surface area contributed by atoms with Crippen molar-refractivity contribution in [1.82, 2.24) is 4.90 Å². The second kappa shape index (κ2) is 10.1. The number of nitrogens with two attached hydrogens (primary N) is 1. The zero-order chi connectivity index (χ0) is 21.5. The number of nitrogens with zero attached hydrogens (tertiary/aromatic N) is 1. The predicted molar refractivity (Wildman–Crippen MR) is 115 cm³/mol. The summed E-state index contributed by atoms with van der Waals surface area (Å²) < 4.78 is 5.49. The van der Waals surface area contributed by atoms with Gasteiger partial charge in [0.15, 0.2) is 6.61 Å². The van der Waals surface area contributed by atoms with Gasteiger partial charge < -0.3 is 20.7 Å². The second-order valence-electron chi connectivity index (χ2n) is 7.17. The first-order valence-corrected chi connectivity index (χ1v) is 10.2. The Kier molecular flexibility index (Phi) is 7.30. The molecule has 0 saturated carbocycles. The van der Waals surface area contributed by atoms with Gasteiger partial charge in [-0.2, -0.15) is 0 Å². The van der Waals surface area contributed by atoms with Crippen molar-refractivity contribution < 1.29 is 19.1 Å². The Morgan fingerprint density at radius 1 is 1.03 bits per heavy atom. The molecule has 7 nitrogen and oxygen atoms in total. The zero-order valence-corrected chi connectivity index (χ0v) is 17.3. The summed E-state index contributed by atoms with van der Waals surface area (Å²) in [6, 6.07) is 11.6. The lowest BCUT2D eigenvalue weighted by molar-refractivity contribution is -0.118. The number of likely N-dealkylation sites (tertiary alicyclic amines) is 1. The van der Waals surface area contributed by atoms with Gasteiger partial charge in [0.25, 0.3) is 11.8 Å². The van der Waals surface area contributed by atoms with Crippen LogP contribution >= 0.6 is 11.6 Å². The fourth-order valence-corrected chi connectivity index (χ4v) is 3.49. The number of carbonyl (C=O) groups excluding carboxylic acids is 3. The van der Waals surface area contributed by atoms with Crippen molar-refractivity contribution >= 4 is 35.0 Å². The van der Waals surface area contributed by atoms with Gasteiger partial charge in [-0.3, -0.25) is 14.4 Å². The summed E-state index contributed by atoms with van der Waals surface area (Å²) in [7, 11) is 0. The highest BCUT2D eigenvalue weighted by Crippen LogP contribution is 2.24. The number of ether oxygens (including phenoxy) is 1. The van der Waals surface area contributed by atoms with Crippen molar-refractivity contribution in [2.45, 2.75) is 25.7 Å². The van der Waals surface area contributed by atoms with Crippen molar-refractivity contribution in [3.05, 3.63) is 58.6 Å². The molecule has 1 aliphatic rings. The van der Waals surface area contributed by atoms with Crippen LogP contribution in [-0.2, 0) is 16.0 Å². The van der Waals surface area contributed by atoms with E-state index >= 15 is 0 Å². The number of nitrogens with one attached hydrogen (secondary N) is 1. The summed E-state index contributed by atoms with van der Waals surface area (Å²) in [4.78, 5) is 38.0. The number of benzene rings is 2. The standard InChI is InChI=1S/C22H24ClN3O4/c23-16-6-9-18(22(29)26-10-2-1-3-11-26)19(13-16)25-21(28)14-30-17-7-4-15(5-8-17)12-20(24)27/h4-9,13H,1-3,10-12,14H2,(H2,24,27)(H,25,28). The Balaban J connectivity index is 1.62. The summed E-state index contributed by atoms with van der Waals surface area (Å²) in [5, 5.41) is 3.14. The smallest absolute Gasteiger partial charge is 0.262 e. The molecule has 2 aromatic carbocycles. The van der Waals surface area contributed by atoms with E-state index in [1.165, 1.54) is 0 Å². The quantitative estimate of drug-likeness (QED) is 0.706. The number of hydrogen-bond donors (Lipinski definition) is 2. The van der Waals surface area contributed by atoms with Gasteiger partial charge in [0.2, 0.25) is 5.91 Å². The maximum Gasteiger partial charge on any atom is 0.262 e. The van der Waals surface area contributed by atoms with Gasteiger partial charge >= 0.3 is 0 Å². The number of carbonyl (C=O) groups is 3. The lowest BCUT2D eigenvalue weighted by atomic mass is 10.1. The van der Waals surface area contributed by atoms with Crippen LogP contribution in [-0.4, -0.2) is 42.3 Å². The molecule has 1 saturated heterocycles. The molecule has 0 atom stereocenters. The molecule has 158 valence electrons. The third kappa shape index (κ3) is 5.97. The first kappa shape index (κ1) is 21.6. The number of primary amides is 1. The summed E-state index contributed by atoms with van der Waals surface area (Å²) in [6.45, 7) is 1.19. The van der Waals surface area contributed by atoms with Gasteiger partial charge in [0, 0.05) is 18.1 Å². The number of hydrogen-bond acceptors (Lipinski definition) is 4. The fraction of sp³-hybridized carbons (Fsp3) is 0.318. The molecule has 30 heavy (non-hydrogen) atoms. The van der Waals surface area contributed by atoms with Crippen molar-refractivity contribution in [2.24, 2.45) is 5.73 Å². The summed E-state index contributed by atoms with van der Waals surface area (Å²) in [5.74, 6) is -0.465. The summed E-state index contributed by atoms with van der Waals surface area (Å²) in [6.07, 6.45) is 3.22. The zero-order valence-electron chi connectivity index (χ0n) is 16.5. The SMILES string of the molecule is NC(=O)Cc1ccc(OCC(=O)Nc2cc(Cl)ccc2C(=O)N2CCCCC2)cc1. The third-order valence-corrected chi connectivity index (χ3v) is 5.04. The van der Waals surface area contributed by atoms with Gasteiger partial charge in [-0.05, 0) is 55.2 Å². The maximum absolute atomic E-state index is 12.9. The van der Waals surface area contributed by atoms with Crippen LogP contribution < -0.4 is 15.8 Å². The monoisotopic (exact) mass is 429 g/mol. The molecule has 3 amide bonds. The Morgan fingerprint density at radius 2 is 1.73 bits per heavy atom. The van der Waals surface area contributed by atoms with E-state index in [1.54, 1.807) is 47.4 Å². The van der Waals surface area contributed by atoms with Crippen LogP contribution in [0.2, 0.25) is 5.02 Å². The van der Waals surface area contributed by atoms with Crippen molar-refractivity contribution in [3.8, 4) is 5.75 Å². The highest BCUT2D eigenvalue weighted by atomic mass is 35.5. The van der Waals surface area contributed by atoms with Crippen LogP contribution in [0, 0.1) is 0 Å². The van der Waals surface area contributed by atoms with E-state index in [-0.39, 0.29) is 18.9 Å². The van der Waals surface area contributed by atoms with Crippen LogP contribution in [0.25, 0.3) is 0 Å². The molecule has 0 aliphatic carbocycles. The third-order valence-electron chi connectivity index (χ3n) is 4.80. The number of amides is 3.